The average Bonchev–Trinajstić information content (AvgIpc) is 2.32. The van der Waals surface area contributed by atoms with Gasteiger partial charge in [0.1, 0.15) is 5.82 Å². The summed E-state index contributed by atoms with van der Waals surface area (Å²) < 4.78 is 14.7. The van der Waals surface area contributed by atoms with Crippen LogP contribution in [-0.4, -0.2) is 25.0 Å². The third-order valence-corrected chi connectivity index (χ3v) is 3.43. The van der Waals surface area contributed by atoms with Crippen molar-refractivity contribution in [1.82, 2.24) is 4.90 Å². The molecule has 0 fully saturated rings. The molecule has 0 aliphatic carbocycles. The van der Waals surface area contributed by atoms with E-state index in [4.69, 9.17) is 5.73 Å². The van der Waals surface area contributed by atoms with Crippen LogP contribution in [0.4, 0.5) is 4.39 Å². The van der Waals surface area contributed by atoms with Crippen LogP contribution in [0, 0.1) is 5.82 Å². The molecule has 0 aliphatic rings. The summed E-state index contributed by atoms with van der Waals surface area (Å²) in [6.07, 6.45) is 2.23. The van der Waals surface area contributed by atoms with Gasteiger partial charge in [-0.1, -0.05) is 29.3 Å². The maximum Gasteiger partial charge on any atom is 0.128 e. The van der Waals surface area contributed by atoms with E-state index in [9.17, 15) is 4.39 Å². The van der Waals surface area contributed by atoms with Crippen molar-refractivity contribution in [3.8, 4) is 0 Å². The molecule has 0 aliphatic heterocycles. The fourth-order valence-corrected chi connectivity index (χ4v) is 2.26. The maximum atomic E-state index is 13.8. The van der Waals surface area contributed by atoms with Crippen LogP contribution in [0.25, 0.3) is 0 Å². The standard InChI is InChI=1S/C13H20BrFN2/c1-3-4-7-17(2)13(9-16)11-8-10(14)5-6-12(11)15/h5-6,8,13H,3-4,7,9,16H2,1-2H3. The molecule has 1 rings (SSSR count). The van der Waals surface area contributed by atoms with Crippen molar-refractivity contribution in [2.75, 3.05) is 20.1 Å². The Morgan fingerprint density at radius 1 is 1.47 bits per heavy atom. The van der Waals surface area contributed by atoms with Gasteiger partial charge in [-0.3, -0.25) is 4.90 Å². The van der Waals surface area contributed by atoms with Gasteiger partial charge in [0, 0.05) is 22.6 Å². The van der Waals surface area contributed by atoms with Gasteiger partial charge in [0.15, 0.2) is 0 Å². The second-order valence-electron chi connectivity index (χ2n) is 4.25. The Hall–Kier alpha value is -0.450. The van der Waals surface area contributed by atoms with Gasteiger partial charge in [0.25, 0.3) is 0 Å². The highest BCUT2D eigenvalue weighted by molar-refractivity contribution is 9.10. The van der Waals surface area contributed by atoms with E-state index in [2.05, 4.69) is 27.8 Å². The molecule has 1 aromatic carbocycles. The maximum absolute atomic E-state index is 13.8. The monoisotopic (exact) mass is 302 g/mol. The Morgan fingerprint density at radius 2 is 2.18 bits per heavy atom. The highest BCUT2D eigenvalue weighted by Crippen LogP contribution is 2.25. The van der Waals surface area contributed by atoms with E-state index in [0.29, 0.717) is 12.1 Å². The molecular weight excluding hydrogens is 283 g/mol. The zero-order valence-electron chi connectivity index (χ0n) is 10.4. The SMILES string of the molecule is CCCCN(C)C(CN)c1cc(Br)ccc1F. The average molecular weight is 303 g/mol. The van der Waals surface area contributed by atoms with Crippen molar-refractivity contribution in [3.05, 3.63) is 34.1 Å². The Labute approximate surface area is 111 Å². The van der Waals surface area contributed by atoms with Crippen LogP contribution >= 0.6 is 15.9 Å². The number of hydrogen-bond donors (Lipinski definition) is 1. The summed E-state index contributed by atoms with van der Waals surface area (Å²) in [5.74, 6) is -0.188. The summed E-state index contributed by atoms with van der Waals surface area (Å²) in [5.41, 5.74) is 6.44. The number of nitrogens with two attached hydrogens (primary N) is 1. The van der Waals surface area contributed by atoms with Gasteiger partial charge >= 0.3 is 0 Å². The van der Waals surface area contributed by atoms with Crippen molar-refractivity contribution < 1.29 is 4.39 Å². The van der Waals surface area contributed by atoms with Crippen LogP contribution in [0.2, 0.25) is 0 Å². The number of benzene rings is 1. The summed E-state index contributed by atoms with van der Waals surface area (Å²) >= 11 is 3.37. The molecule has 2 N–H and O–H groups in total. The molecule has 1 aromatic rings. The number of unbranched alkanes of at least 4 members (excludes halogenated alkanes) is 1. The number of nitrogens with zero attached hydrogens (tertiary/aromatic N) is 1. The van der Waals surface area contributed by atoms with Crippen LogP contribution in [0.3, 0.4) is 0 Å². The van der Waals surface area contributed by atoms with Crippen LogP contribution in [-0.2, 0) is 0 Å². The van der Waals surface area contributed by atoms with Crippen LogP contribution in [0.15, 0.2) is 22.7 Å². The Bertz CT molecular complexity index is 357. The number of likely N-dealkylation sites (N-methyl/N-ethyl adjacent to an activating group) is 1. The van der Waals surface area contributed by atoms with Gasteiger partial charge in [-0.25, -0.2) is 4.39 Å². The topological polar surface area (TPSA) is 29.3 Å². The van der Waals surface area contributed by atoms with E-state index < -0.39 is 0 Å². The first-order valence-corrected chi connectivity index (χ1v) is 6.74. The molecule has 96 valence electrons. The van der Waals surface area contributed by atoms with Crippen molar-refractivity contribution in [2.24, 2.45) is 5.73 Å². The van der Waals surface area contributed by atoms with Gasteiger partial charge in [0.05, 0.1) is 0 Å². The predicted molar refractivity (Wildman–Crippen MR) is 73.4 cm³/mol. The van der Waals surface area contributed by atoms with Crippen molar-refractivity contribution in [2.45, 2.75) is 25.8 Å². The number of halogens is 2. The predicted octanol–water partition coefficient (Wildman–Crippen LogP) is 3.32. The van der Waals surface area contributed by atoms with Crippen LogP contribution < -0.4 is 5.73 Å². The summed E-state index contributed by atoms with van der Waals surface area (Å²) in [7, 11) is 1.99. The van der Waals surface area contributed by atoms with E-state index in [1.54, 1.807) is 6.07 Å². The smallest absolute Gasteiger partial charge is 0.128 e. The molecule has 1 unspecified atom stereocenters. The zero-order valence-corrected chi connectivity index (χ0v) is 12.0. The summed E-state index contributed by atoms with van der Waals surface area (Å²) in [4.78, 5) is 2.12. The lowest BCUT2D eigenvalue weighted by Crippen LogP contribution is -2.32. The molecule has 4 heteroatoms. The quantitative estimate of drug-likeness (QED) is 0.873. The summed E-state index contributed by atoms with van der Waals surface area (Å²) in [6, 6.07) is 4.95. The highest BCUT2D eigenvalue weighted by atomic mass is 79.9. The van der Waals surface area contributed by atoms with Gasteiger partial charge < -0.3 is 5.73 Å². The molecule has 0 spiro atoms. The van der Waals surface area contributed by atoms with Crippen molar-refractivity contribution >= 4 is 15.9 Å². The molecule has 0 aromatic heterocycles. The normalized spacial score (nSPS) is 13.1. The van der Waals surface area contributed by atoms with Gasteiger partial charge in [-0.05, 0) is 38.2 Å². The lowest BCUT2D eigenvalue weighted by Gasteiger charge is -2.27. The molecule has 0 saturated heterocycles. The van der Waals surface area contributed by atoms with Gasteiger partial charge in [0.2, 0.25) is 0 Å². The lowest BCUT2D eigenvalue weighted by molar-refractivity contribution is 0.241. The second kappa shape index (κ2) is 7.09. The first kappa shape index (κ1) is 14.6. The summed E-state index contributed by atoms with van der Waals surface area (Å²) in [5, 5.41) is 0. The third-order valence-electron chi connectivity index (χ3n) is 2.94. The Kier molecular flexibility index (Phi) is 6.09. The van der Waals surface area contributed by atoms with E-state index in [1.165, 1.54) is 6.07 Å². The minimum atomic E-state index is -0.188. The first-order valence-electron chi connectivity index (χ1n) is 5.95. The largest absolute Gasteiger partial charge is 0.329 e. The molecule has 2 nitrogen and oxygen atoms in total. The fraction of sp³-hybridized carbons (Fsp3) is 0.538. The molecule has 0 heterocycles. The highest BCUT2D eigenvalue weighted by Gasteiger charge is 2.18. The molecule has 0 amide bonds. The van der Waals surface area contributed by atoms with Crippen LogP contribution in [0.1, 0.15) is 31.4 Å². The minimum Gasteiger partial charge on any atom is -0.329 e. The van der Waals surface area contributed by atoms with Crippen LogP contribution in [0.5, 0.6) is 0 Å². The van der Waals surface area contributed by atoms with Gasteiger partial charge in [-0.15, -0.1) is 0 Å². The number of hydrogen-bond acceptors (Lipinski definition) is 2. The molecule has 0 saturated carbocycles. The Balaban J connectivity index is 2.88. The van der Waals surface area contributed by atoms with E-state index >= 15 is 0 Å². The minimum absolute atomic E-state index is 0.0564. The molecule has 1 atom stereocenters. The number of rotatable bonds is 6. The zero-order chi connectivity index (χ0) is 12.8. The molecule has 17 heavy (non-hydrogen) atoms. The van der Waals surface area contributed by atoms with Gasteiger partial charge in [-0.2, -0.15) is 0 Å². The summed E-state index contributed by atoms with van der Waals surface area (Å²) in [6.45, 7) is 3.50. The van der Waals surface area contributed by atoms with E-state index in [0.717, 1.165) is 23.9 Å². The van der Waals surface area contributed by atoms with E-state index in [1.807, 2.05) is 13.1 Å². The Morgan fingerprint density at radius 3 is 2.76 bits per heavy atom. The molecular formula is C13H20BrFN2. The van der Waals surface area contributed by atoms with E-state index in [-0.39, 0.29) is 11.9 Å². The fourth-order valence-electron chi connectivity index (χ4n) is 1.88. The molecule has 0 bridgehead atoms. The molecule has 0 radical (unpaired) electrons. The first-order chi connectivity index (χ1) is 8.10. The van der Waals surface area contributed by atoms with Crippen molar-refractivity contribution in [1.29, 1.82) is 0 Å². The van der Waals surface area contributed by atoms with Crippen molar-refractivity contribution in [3.63, 3.8) is 0 Å². The third kappa shape index (κ3) is 4.05. The lowest BCUT2D eigenvalue weighted by atomic mass is 10.0. The second-order valence-corrected chi connectivity index (χ2v) is 5.17.